The van der Waals surface area contributed by atoms with Gasteiger partial charge in [0.05, 0.1) is 0 Å². The molecule has 114 valence electrons. The van der Waals surface area contributed by atoms with Gasteiger partial charge in [0, 0.05) is 11.8 Å². The van der Waals surface area contributed by atoms with Crippen LogP contribution in [0, 0.1) is 40.9 Å². The van der Waals surface area contributed by atoms with Gasteiger partial charge >= 0.3 is 0 Å². The summed E-state index contributed by atoms with van der Waals surface area (Å²) in [5.74, 6) is 4.15. The Hall–Kier alpha value is -1.11. The molecule has 0 unspecified atom stereocenters. The molecule has 7 aliphatic rings. The van der Waals surface area contributed by atoms with E-state index in [1.54, 1.807) is 0 Å². The van der Waals surface area contributed by atoms with Gasteiger partial charge in [-0.2, -0.15) is 0 Å². The molecule has 0 aliphatic heterocycles. The molecule has 0 radical (unpaired) electrons. The van der Waals surface area contributed by atoms with Gasteiger partial charge in [0.1, 0.15) is 0 Å². The molecule has 0 N–H and O–H groups in total. The molecule has 0 heterocycles. The summed E-state index contributed by atoms with van der Waals surface area (Å²) in [4.78, 5) is 12.7. The Bertz CT molecular complexity index is 657. The van der Waals surface area contributed by atoms with Gasteiger partial charge in [0.15, 0.2) is 5.78 Å². The standard InChI is InChI=1S/C21H24O/c22-16-8-6-12-5-7-15(16)20-17(12)18-13-3-4-14(11-13)19(18)21(20)9-1-2-10-21/h5-8,12-15,17,20H,1-4,9-11H2/t12-,13+,14+,15-,17-,20+/m1/s1. The quantitative estimate of drug-likeness (QED) is 0.602. The van der Waals surface area contributed by atoms with E-state index in [9.17, 15) is 4.79 Å². The first-order valence-electron chi connectivity index (χ1n) is 9.44. The molecule has 7 rings (SSSR count). The maximum Gasteiger partial charge on any atom is 0.162 e. The normalized spacial score (nSPS) is 49.4. The summed E-state index contributed by atoms with van der Waals surface area (Å²) in [5.41, 5.74) is 4.22. The van der Waals surface area contributed by atoms with E-state index in [0.717, 1.165) is 11.8 Å². The van der Waals surface area contributed by atoms with Crippen LogP contribution in [0.5, 0.6) is 0 Å². The van der Waals surface area contributed by atoms with Crippen LogP contribution in [0.15, 0.2) is 35.5 Å². The molecule has 0 aromatic heterocycles. The second-order valence-electron chi connectivity index (χ2n) is 8.74. The first-order valence-corrected chi connectivity index (χ1v) is 9.44. The van der Waals surface area contributed by atoms with E-state index < -0.39 is 0 Å². The monoisotopic (exact) mass is 292 g/mol. The summed E-state index contributed by atoms with van der Waals surface area (Å²) in [6.07, 6.45) is 18.7. The molecule has 4 bridgehead atoms. The third-order valence-electron chi connectivity index (χ3n) is 8.16. The fraction of sp³-hybridized carbons (Fsp3) is 0.667. The van der Waals surface area contributed by atoms with Gasteiger partial charge in [0.2, 0.25) is 0 Å². The van der Waals surface area contributed by atoms with Crippen molar-refractivity contribution in [2.75, 3.05) is 0 Å². The zero-order chi connectivity index (χ0) is 14.5. The van der Waals surface area contributed by atoms with E-state index >= 15 is 0 Å². The molecular weight excluding hydrogens is 268 g/mol. The Labute approximate surface area is 132 Å². The molecule has 22 heavy (non-hydrogen) atoms. The molecule has 2 fully saturated rings. The Morgan fingerprint density at radius 3 is 2.68 bits per heavy atom. The lowest BCUT2D eigenvalue weighted by atomic mass is 9.59. The van der Waals surface area contributed by atoms with Gasteiger partial charge in [0.25, 0.3) is 0 Å². The average molecular weight is 292 g/mol. The van der Waals surface area contributed by atoms with Crippen molar-refractivity contribution in [3.63, 3.8) is 0 Å². The largest absolute Gasteiger partial charge is 0.294 e. The van der Waals surface area contributed by atoms with Crippen molar-refractivity contribution in [2.45, 2.75) is 44.9 Å². The van der Waals surface area contributed by atoms with Crippen LogP contribution in [0.2, 0.25) is 0 Å². The average Bonchev–Trinajstić information content (AvgIpc) is 3.27. The SMILES string of the molecule is O=C1C=C[C@H]2C=C[C@H]1[C@H]1[C@H]2C2=C([C@H]3CC[C@H]2C3)C12CCCC2. The molecule has 0 saturated heterocycles. The number of hydrogen-bond donors (Lipinski definition) is 0. The van der Waals surface area contributed by atoms with Crippen molar-refractivity contribution in [3.8, 4) is 0 Å². The maximum absolute atomic E-state index is 12.7. The second-order valence-corrected chi connectivity index (χ2v) is 8.74. The molecule has 2 saturated carbocycles. The van der Waals surface area contributed by atoms with Gasteiger partial charge < -0.3 is 0 Å². The highest BCUT2D eigenvalue weighted by atomic mass is 16.1. The van der Waals surface area contributed by atoms with Gasteiger partial charge in [-0.25, -0.2) is 0 Å². The second kappa shape index (κ2) is 3.86. The maximum atomic E-state index is 12.7. The number of carbonyl (C=O) groups excluding carboxylic acids is 1. The van der Waals surface area contributed by atoms with Crippen LogP contribution in [0.3, 0.4) is 0 Å². The number of hydrogen-bond acceptors (Lipinski definition) is 1. The van der Waals surface area contributed by atoms with Crippen LogP contribution in [0.1, 0.15) is 44.9 Å². The van der Waals surface area contributed by atoms with Crippen molar-refractivity contribution in [2.24, 2.45) is 40.9 Å². The summed E-state index contributed by atoms with van der Waals surface area (Å²) in [7, 11) is 0. The number of carbonyl (C=O) groups is 1. The molecule has 1 spiro atoms. The van der Waals surface area contributed by atoms with Gasteiger partial charge in [-0.05, 0) is 67.3 Å². The molecule has 0 amide bonds. The van der Waals surface area contributed by atoms with E-state index in [4.69, 9.17) is 0 Å². The fourth-order valence-electron chi connectivity index (χ4n) is 7.73. The van der Waals surface area contributed by atoms with Gasteiger partial charge in [-0.15, -0.1) is 0 Å². The molecule has 1 heteroatoms. The van der Waals surface area contributed by atoms with Crippen LogP contribution < -0.4 is 0 Å². The Balaban J connectivity index is 1.61. The van der Waals surface area contributed by atoms with Crippen LogP contribution in [0.4, 0.5) is 0 Å². The minimum atomic E-state index is 0.183. The number of ketones is 1. The van der Waals surface area contributed by atoms with Crippen LogP contribution in [0.25, 0.3) is 0 Å². The van der Waals surface area contributed by atoms with Crippen LogP contribution in [-0.4, -0.2) is 5.78 Å². The van der Waals surface area contributed by atoms with Gasteiger partial charge in [-0.3, -0.25) is 4.79 Å². The summed E-state index contributed by atoms with van der Waals surface area (Å²) >= 11 is 0. The summed E-state index contributed by atoms with van der Waals surface area (Å²) < 4.78 is 0. The van der Waals surface area contributed by atoms with Crippen LogP contribution >= 0.6 is 0 Å². The van der Waals surface area contributed by atoms with Crippen molar-refractivity contribution >= 4 is 5.78 Å². The third-order valence-corrected chi connectivity index (χ3v) is 8.16. The molecule has 6 atom stereocenters. The first kappa shape index (κ1) is 12.3. The highest BCUT2D eigenvalue weighted by molar-refractivity contribution is 5.94. The van der Waals surface area contributed by atoms with Crippen molar-refractivity contribution in [1.29, 1.82) is 0 Å². The highest BCUT2D eigenvalue weighted by Crippen LogP contribution is 2.73. The molecule has 0 aromatic carbocycles. The van der Waals surface area contributed by atoms with Crippen LogP contribution in [-0.2, 0) is 4.79 Å². The number of allylic oxidation sites excluding steroid dienone is 6. The highest BCUT2D eigenvalue weighted by Gasteiger charge is 2.64. The summed E-state index contributed by atoms with van der Waals surface area (Å²) in [6.45, 7) is 0. The molecular formula is C21H24O. The van der Waals surface area contributed by atoms with Crippen molar-refractivity contribution < 1.29 is 4.79 Å². The Kier molecular flexibility index (Phi) is 2.16. The third kappa shape index (κ3) is 1.20. The zero-order valence-corrected chi connectivity index (χ0v) is 13.1. The fourth-order valence-corrected chi connectivity index (χ4v) is 7.73. The summed E-state index contributed by atoms with van der Waals surface area (Å²) in [5, 5.41) is 0. The number of rotatable bonds is 0. The minimum Gasteiger partial charge on any atom is -0.294 e. The summed E-state index contributed by atoms with van der Waals surface area (Å²) in [6, 6.07) is 0. The molecule has 0 aromatic rings. The first-order chi connectivity index (χ1) is 10.8. The predicted molar refractivity (Wildman–Crippen MR) is 86.0 cm³/mol. The van der Waals surface area contributed by atoms with E-state index in [2.05, 4.69) is 18.2 Å². The lowest BCUT2D eigenvalue weighted by Crippen LogP contribution is -2.41. The topological polar surface area (TPSA) is 17.1 Å². The van der Waals surface area contributed by atoms with E-state index in [-0.39, 0.29) is 5.92 Å². The Morgan fingerprint density at radius 1 is 1.00 bits per heavy atom. The lowest BCUT2D eigenvalue weighted by molar-refractivity contribution is -0.120. The van der Waals surface area contributed by atoms with E-state index in [0.29, 0.717) is 29.0 Å². The molecule has 1 nitrogen and oxygen atoms in total. The van der Waals surface area contributed by atoms with E-state index in [1.807, 2.05) is 17.2 Å². The number of fused-ring (bicyclic) bond motifs is 6. The van der Waals surface area contributed by atoms with Crippen molar-refractivity contribution in [3.05, 3.63) is 35.5 Å². The lowest BCUT2D eigenvalue weighted by Gasteiger charge is -2.44. The van der Waals surface area contributed by atoms with E-state index in [1.165, 1.54) is 44.9 Å². The minimum absolute atomic E-state index is 0.183. The Morgan fingerprint density at radius 2 is 1.82 bits per heavy atom. The smallest absolute Gasteiger partial charge is 0.162 e. The molecule has 7 aliphatic carbocycles. The predicted octanol–water partition coefficient (Wildman–Crippen LogP) is 4.46. The van der Waals surface area contributed by atoms with Crippen molar-refractivity contribution in [1.82, 2.24) is 0 Å². The zero-order valence-electron chi connectivity index (χ0n) is 13.1. The van der Waals surface area contributed by atoms with Gasteiger partial charge in [-0.1, -0.05) is 42.2 Å².